The molecule has 8 heteroatoms. The van der Waals surface area contributed by atoms with Gasteiger partial charge in [-0.3, -0.25) is 24.6 Å². The van der Waals surface area contributed by atoms with Gasteiger partial charge < -0.3 is 15.7 Å². The van der Waals surface area contributed by atoms with Crippen LogP contribution in [0.25, 0.3) is 0 Å². The van der Waals surface area contributed by atoms with Gasteiger partial charge in [0.15, 0.2) is 0 Å². The lowest BCUT2D eigenvalue weighted by molar-refractivity contribution is -0.136. The van der Waals surface area contributed by atoms with Crippen LogP contribution in [0, 0.1) is 0 Å². The minimum absolute atomic E-state index is 0.163. The Bertz CT molecular complexity index is 826. The third-order valence-electron chi connectivity index (χ3n) is 6.09. The standard InChI is InChI=1S/C20H26N4O4/c21-11-20(28)7-2-8-23(12-20)9-13-3-1-4-14-15(13)10-24(19(14)27)16-5-6-17(25)22-18(16)26/h1,3-4,16,28H,2,5-12,21H2,(H,22,25,26). The van der Waals surface area contributed by atoms with Gasteiger partial charge in [-0.2, -0.15) is 0 Å². The number of nitrogens with zero attached hydrogens (tertiary/aromatic N) is 2. The minimum Gasteiger partial charge on any atom is -0.387 e. The quantitative estimate of drug-likeness (QED) is 0.614. The first-order valence-corrected chi connectivity index (χ1v) is 9.80. The number of piperidine rings is 2. The molecule has 2 unspecified atom stereocenters. The number of carbonyl (C=O) groups is 3. The number of rotatable bonds is 4. The van der Waals surface area contributed by atoms with E-state index in [1.54, 1.807) is 11.0 Å². The van der Waals surface area contributed by atoms with Gasteiger partial charge in [0.05, 0.1) is 5.60 Å². The van der Waals surface area contributed by atoms with Crippen LogP contribution in [0.3, 0.4) is 0 Å². The van der Waals surface area contributed by atoms with Gasteiger partial charge in [-0.05, 0) is 43.0 Å². The number of imide groups is 1. The summed E-state index contributed by atoms with van der Waals surface area (Å²) in [5.41, 5.74) is 7.46. The van der Waals surface area contributed by atoms with Crippen molar-refractivity contribution in [1.29, 1.82) is 0 Å². The maximum atomic E-state index is 12.9. The molecule has 4 N–H and O–H groups in total. The van der Waals surface area contributed by atoms with Crippen molar-refractivity contribution in [3.63, 3.8) is 0 Å². The second-order valence-electron chi connectivity index (χ2n) is 8.09. The Morgan fingerprint density at radius 2 is 2.11 bits per heavy atom. The van der Waals surface area contributed by atoms with Gasteiger partial charge in [0.2, 0.25) is 11.8 Å². The number of nitrogens with one attached hydrogen (secondary N) is 1. The number of β-amino-alcohol motifs (C(OH)–C–C–N with tert-alkyl or cyclic N) is 1. The largest absolute Gasteiger partial charge is 0.387 e. The Morgan fingerprint density at radius 3 is 2.86 bits per heavy atom. The molecule has 3 aliphatic heterocycles. The smallest absolute Gasteiger partial charge is 0.255 e. The van der Waals surface area contributed by atoms with E-state index in [0.29, 0.717) is 38.0 Å². The Labute approximate surface area is 163 Å². The summed E-state index contributed by atoms with van der Waals surface area (Å²) in [7, 11) is 0. The molecule has 2 saturated heterocycles. The van der Waals surface area contributed by atoms with Gasteiger partial charge in [0.25, 0.3) is 5.91 Å². The lowest BCUT2D eigenvalue weighted by Gasteiger charge is -2.38. The highest BCUT2D eigenvalue weighted by Crippen LogP contribution is 2.31. The van der Waals surface area contributed by atoms with Crippen LogP contribution < -0.4 is 11.1 Å². The first-order valence-electron chi connectivity index (χ1n) is 9.80. The summed E-state index contributed by atoms with van der Waals surface area (Å²) in [4.78, 5) is 40.3. The van der Waals surface area contributed by atoms with Gasteiger partial charge in [-0.25, -0.2) is 0 Å². The molecule has 2 fully saturated rings. The number of nitrogens with two attached hydrogens (primary N) is 1. The summed E-state index contributed by atoms with van der Waals surface area (Å²) in [6, 6.07) is 5.04. The predicted octanol–water partition coefficient (Wildman–Crippen LogP) is -0.267. The fourth-order valence-electron chi connectivity index (χ4n) is 4.55. The van der Waals surface area contributed by atoms with Crippen LogP contribution >= 0.6 is 0 Å². The lowest BCUT2D eigenvalue weighted by Crippen LogP contribution is -2.52. The van der Waals surface area contributed by atoms with Crippen LogP contribution in [0.1, 0.15) is 47.2 Å². The van der Waals surface area contributed by atoms with Crippen molar-refractivity contribution in [2.45, 2.75) is 50.4 Å². The number of amides is 3. The molecular weight excluding hydrogens is 360 g/mol. The molecule has 0 saturated carbocycles. The molecule has 2 atom stereocenters. The number of aliphatic hydroxyl groups is 1. The molecular formula is C20H26N4O4. The third-order valence-corrected chi connectivity index (χ3v) is 6.09. The van der Waals surface area contributed by atoms with Crippen LogP contribution in [0.4, 0.5) is 0 Å². The van der Waals surface area contributed by atoms with E-state index >= 15 is 0 Å². The van der Waals surface area contributed by atoms with Crippen molar-refractivity contribution in [1.82, 2.24) is 15.1 Å². The molecule has 3 amide bonds. The van der Waals surface area contributed by atoms with E-state index in [1.807, 2.05) is 12.1 Å². The number of benzene rings is 1. The second kappa shape index (κ2) is 7.27. The zero-order valence-electron chi connectivity index (χ0n) is 15.8. The van der Waals surface area contributed by atoms with Gasteiger partial charge in [0.1, 0.15) is 6.04 Å². The van der Waals surface area contributed by atoms with Gasteiger partial charge >= 0.3 is 0 Å². The Balaban J connectivity index is 1.53. The molecule has 28 heavy (non-hydrogen) atoms. The topological polar surface area (TPSA) is 116 Å². The molecule has 4 rings (SSSR count). The van der Waals surface area contributed by atoms with E-state index in [0.717, 1.165) is 24.1 Å². The normalized spacial score (nSPS) is 28.4. The van der Waals surface area contributed by atoms with E-state index in [-0.39, 0.29) is 24.8 Å². The van der Waals surface area contributed by atoms with Crippen molar-refractivity contribution >= 4 is 17.7 Å². The van der Waals surface area contributed by atoms with Crippen molar-refractivity contribution in [2.75, 3.05) is 19.6 Å². The van der Waals surface area contributed by atoms with E-state index < -0.39 is 17.6 Å². The summed E-state index contributed by atoms with van der Waals surface area (Å²) in [6.45, 7) is 2.61. The second-order valence-corrected chi connectivity index (χ2v) is 8.09. The average Bonchev–Trinajstić information content (AvgIpc) is 3.00. The highest BCUT2D eigenvalue weighted by atomic mass is 16.3. The van der Waals surface area contributed by atoms with Crippen molar-refractivity contribution < 1.29 is 19.5 Å². The molecule has 3 aliphatic rings. The summed E-state index contributed by atoms with van der Waals surface area (Å²) >= 11 is 0. The molecule has 1 aromatic carbocycles. The van der Waals surface area contributed by atoms with Crippen LogP contribution in [0.15, 0.2) is 18.2 Å². The Kier molecular flexibility index (Phi) is 4.95. The average molecular weight is 386 g/mol. The molecule has 0 aliphatic carbocycles. The molecule has 0 bridgehead atoms. The molecule has 0 spiro atoms. The predicted molar refractivity (Wildman–Crippen MR) is 101 cm³/mol. The highest BCUT2D eigenvalue weighted by molar-refractivity contribution is 6.05. The lowest BCUT2D eigenvalue weighted by atomic mass is 9.92. The molecule has 0 radical (unpaired) electrons. The summed E-state index contributed by atoms with van der Waals surface area (Å²) in [5.74, 6) is -0.852. The van der Waals surface area contributed by atoms with Crippen molar-refractivity contribution in [3.05, 3.63) is 34.9 Å². The zero-order valence-corrected chi connectivity index (χ0v) is 15.8. The first kappa shape index (κ1) is 19.0. The SMILES string of the molecule is NCC1(O)CCCN(Cc2cccc3c2CN(C2CCC(=O)NC2=O)C3=O)C1. The Hall–Kier alpha value is -2.29. The van der Waals surface area contributed by atoms with E-state index in [2.05, 4.69) is 10.2 Å². The molecule has 3 heterocycles. The molecule has 8 nitrogen and oxygen atoms in total. The van der Waals surface area contributed by atoms with E-state index in [1.165, 1.54) is 0 Å². The van der Waals surface area contributed by atoms with Crippen LogP contribution in [-0.2, 0) is 22.7 Å². The Morgan fingerprint density at radius 1 is 1.29 bits per heavy atom. The fraction of sp³-hybridized carbons (Fsp3) is 0.550. The van der Waals surface area contributed by atoms with Crippen molar-refractivity contribution in [3.8, 4) is 0 Å². The van der Waals surface area contributed by atoms with E-state index in [4.69, 9.17) is 5.73 Å². The number of hydrogen-bond donors (Lipinski definition) is 3. The van der Waals surface area contributed by atoms with Gasteiger partial charge in [-0.15, -0.1) is 0 Å². The summed E-state index contributed by atoms with van der Waals surface area (Å²) in [5, 5.41) is 12.9. The molecule has 1 aromatic rings. The number of fused-ring (bicyclic) bond motifs is 1. The molecule has 0 aromatic heterocycles. The maximum absolute atomic E-state index is 12.9. The number of carbonyl (C=O) groups excluding carboxylic acids is 3. The zero-order chi connectivity index (χ0) is 19.9. The van der Waals surface area contributed by atoms with Crippen LogP contribution in [0.2, 0.25) is 0 Å². The van der Waals surface area contributed by atoms with Gasteiger partial charge in [0, 0.05) is 38.2 Å². The van der Waals surface area contributed by atoms with Crippen LogP contribution in [0.5, 0.6) is 0 Å². The molecule has 150 valence electrons. The third kappa shape index (κ3) is 3.43. The van der Waals surface area contributed by atoms with Gasteiger partial charge in [-0.1, -0.05) is 12.1 Å². The summed E-state index contributed by atoms with van der Waals surface area (Å²) in [6.07, 6.45) is 2.18. The van der Waals surface area contributed by atoms with Crippen LogP contribution in [-0.4, -0.2) is 63.9 Å². The highest BCUT2D eigenvalue weighted by Gasteiger charge is 2.40. The fourth-order valence-corrected chi connectivity index (χ4v) is 4.55. The van der Waals surface area contributed by atoms with E-state index in [9.17, 15) is 19.5 Å². The summed E-state index contributed by atoms with van der Waals surface area (Å²) < 4.78 is 0. The first-order chi connectivity index (χ1) is 13.4. The number of hydrogen-bond acceptors (Lipinski definition) is 6. The van der Waals surface area contributed by atoms with Crippen molar-refractivity contribution in [2.24, 2.45) is 5.73 Å². The maximum Gasteiger partial charge on any atom is 0.255 e. The minimum atomic E-state index is -0.856. The number of likely N-dealkylation sites (tertiary alicyclic amines) is 1. The monoisotopic (exact) mass is 386 g/mol.